The highest BCUT2D eigenvalue weighted by Gasteiger charge is 2.18. The third kappa shape index (κ3) is 6.25. The second-order valence-corrected chi connectivity index (χ2v) is 6.67. The molecule has 0 fully saturated rings. The van der Waals surface area contributed by atoms with Gasteiger partial charge in [-0.2, -0.15) is 0 Å². The normalized spacial score (nSPS) is 14.8. The van der Waals surface area contributed by atoms with Gasteiger partial charge in [0.05, 0.1) is 11.9 Å². The van der Waals surface area contributed by atoms with E-state index in [-0.39, 0.29) is 23.5 Å². The Morgan fingerprint density at radius 3 is 2.62 bits per heavy atom. The summed E-state index contributed by atoms with van der Waals surface area (Å²) in [5, 5.41) is 14.5. The Balaban J connectivity index is 2.57. The molecule has 6 nitrogen and oxygen atoms in total. The highest BCUT2D eigenvalue weighted by molar-refractivity contribution is 5.79. The van der Waals surface area contributed by atoms with E-state index in [0.717, 1.165) is 18.5 Å². The number of carbonyl (C=O) groups excluding carboxylic acids is 1. The van der Waals surface area contributed by atoms with Crippen molar-refractivity contribution in [2.75, 3.05) is 0 Å². The van der Waals surface area contributed by atoms with Crippen LogP contribution >= 0.6 is 0 Å². The van der Waals surface area contributed by atoms with Crippen LogP contribution in [0.4, 0.5) is 0 Å². The zero-order chi connectivity index (χ0) is 16.0. The third-order valence-electron chi connectivity index (χ3n) is 3.24. The fraction of sp³-hybridized carbons (Fsp3) is 0.800. The van der Waals surface area contributed by atoms with E-state index in [4.69, 9.17) is 0 Å². The minimum atomic E-state index is -0.347. The molecule has 0 bridgehead atoms. The monoisotopic (exact) mass is 295 g/mol. The average Bonchev–Trinajstić information content (AvgIpc) is 2.83. The maximum Gasteiger partial charge on any atom is 0.244 e. The van der Waals surface area contributed by atoms with Gasteiger partial charge in [-0.1, -0.05) is 18.6 Å². The maximum atomic E-state index is 12.1. The van der Waals surface area contributed by atoms with Gasteiger partial charge < -0.3 is 10.6 Å². The van der Waals surface area contributed by atoms with Crippen molar-refractivity contribution < 1.29 is 4.79 Å². The van der Waals surface area contributed by atoms with Crippen LogP contribution in [0, 0.1) is 0 Å². The molecule has 0 saturated carbocycles. The van der Waals surface area contributed by atoms with Crippen LogP contribution in [-0.2, 0) is 11.3 Å². The van der Waals surface area contributed by atoms with Crippen LogP contribution < -0.4 is 10.6 Å². The lowest BCUT2D eigenvalue weighted by Crippen LogP contribution is -2.37. The smallest absolute Gasteiger partial charge is 0.244 e. The average molecular weight is 295 g/mol. The predicted octanol–water partition coefficient (Wildman–Crippen LogP) is 2.03. The predicted molar refractivity (Wildman–Crippen MR) is 83.8 cm³/mol. The van der Waals surface area contributed by atoms with Gasteiger partial charge in [-0.15, -0.1) is 5.10 Å². The topological polar surface area (TPSA) is 71.8 Å². The Morgan fingerprint density at radius 2 is 2.05 bits per heavy atom. The van der Waals surface area contributed by atoms with E-state index >= 15 is 0 Å². The van der Waals surface area contributed by atoms with Crippen LogP contribution in [0.2, 0.25) is 0 Å². The van der Waals surface area contributed by atoms with Gasteiger partial charge in [0.2, 0.25) is 5.91 Å². The lowest BCUT2D eigenvalue weighted by atomic mass is 10.1. The summed E-state index contributed by atoms with van der Waals surface area (Å²) in [5.74, 6) is -0.0174. The van der Waals surface area contributed by atoms with Gasteiger partial charge in [-0.05, 0) is 41.0 Å². The highest BCUT2D eigenvalue weighted by Crippen LogP contribution is 2.07. The highest BCUT2D eigenvalue weighted by atomic mass is 16.2. The maximum absolute atomic E-state index is 12.1. The van der Waals surface area contributed by atoms with Crippen molar-refractivity contribution in [3.63, 3.8) is 0 Å². The Bertz CT molecular complexity index is 449. The fourth-order valence-electron chi connectivity index (χ4n) is 1.93. The third-order valence-corrected chi connectivity index (χ3v) is 3.24. The minimum Gasteiger partial charge on any atom is -0.352 e. The number of nitrogens with zero attached hydrogens (tertiary/aromatic N) is 3. The Morgan fingerprint density at radius 1 is 1.38 bits per heavy atom. The molecule has 0 saturated heterocycles. The molecule has 1 aromatic heterocycles. The van der Waals surface area contributed by atoms with Gasteiger partial charge in [-0.3, -0.25) is 4.79 Å². The van der Waals surface area contributed by atoms with Gasteiger partial charge in [0.15, 0.2) is 0 Å². The van der Waals surface area contributed by atoms with Crippen LogP contribution in [0.5, 0.6) is 0 Å². The first-order valence-corrected chi connectivity index (χ1v) is 7.69. The second kappa shape index (κ2) is 7.54. The summed E-state index contributed by atoms with van der Waals surface area (Å²) in [6, 6.07) is -0.157. The Labute approximate surface area is 127 Å². The molecule has 0 aliphatic heterocycles. The summed E-state index contributed by atoms with van der Waals surface area (Å²) in [7, 11) is 0. The summed E-state index contributed by atoms with van der Waals surface area (Å²) in [6.45, 7) is 12.9. The van der Waals surface area contributed by atoms with E-state index < -0.39 is 0 Å². The van der Waals surface area contributed by atoms with Crippen molar-refractivity contribution in [3.05, 3.63) is 11.9 Å². The number of hydrogen-bond acceptors (Lipinski definition) is 4. The molecule has 120 valence electrons. The van der Waals surface area contributed by atoms with Crippen LogP contribution in [0.3, 0.4) is 0 Å². The summed E-state index contributed by atoms with van der Waals surface area (Å²) in [4.78, 5) is 12.1. The van der Waals surface area contributed by atoms with Crippen molar-refractivity contribution in [2.24, 2.45) is 0 Å². The van der Waals surface area contributed by atoms with Crippen molar-refractivity contribution in [2.45, 2.75) is 78.6 Å². The number of hydrogen-bond donors (Lipinski definition) is 2. The summed E-state index contributed by atoms with van der Waals surface area (Å²) in [6.07, 6.45) is 3.87. The fourth-order valence-corrected chi connectivity index (χ4v) is 1.93. The molecule has 2 atom stereocenters. The van der Waals surface area contributed by atoms with Gasteiger partial charge in [0.1, 0.15) is 6.04 Å². The molecule has 0 aliphatic carbocycles. The number of amides is 1. The second-order valence-electron chi connectivity index (χ2n) is 6.67. The van der Waals surface area contributed by atoms with Crippen molar-refractivity contribution in [1.29, 1.82) is 0 Å². The standard InChI is InChI=1S/C15H29N5O/c1-7-8-11(2)17-14(21)12(3)20-10-13(18-19-20)9-16-15(4,5)6/h10-12,16H,7-9H2,1-6H3,(H,17,21). The molecule has 21 heavy (non-hydrogen) atoms. The van der Waals surface area contributed by atoms with Crippen molar-refractivity contribution in [3.8, 4) is 0 Å². The van der Waals surface area contributed by atoms with E-state index in [0.29, 0.717) is 6.54 Å². The van der Waals surface area contributed by atoms with Gasteiger partial charge >= 0.3 is 0 Å². The molecule has 0 radical (unpaired) electrons. The summed E-state index contributed by atoms with van der Waals surface area (Å²) >= 11 is 0. The number of rotatable bonds is 7. The molecule has 1 rings (SSSR count). The molecule has 1 heterocycles. The summed E-state index contributed by atoms with van der Waals surface area (Å²) < 4.78 is 1.62. The molecule has 0 spiro atoms. The minimum absolute atomic E-state index is 0.0174. The number of nitrogens with one attached hydrogen (secondary N) is 2. The van der Waals surface area contributed by atoms with Crippen molar-refractivity contribution >= 4 is 5.91 Å². The van der Waals surface area contributed by atoms with E-state index in [1.807, 2.05) is 20.0 Å². The molecule has 2 unspecified atom stereocenters. The lowest BCUT2D eigenvalue weighted by molar-refractivity contribution is -0.124. The van der Waals surface area contributed by atoms with E-state index in [1.54, 1.807) is 4.68 Å². The van der Waals surface area contributed by atoms with Crippen LogP contribution in [-0.4, -0.2) is 32.5 Å². The number of carbonyl (C=O) groups is 1. The molecule has 6 heteroatoms. The Hall–Kier alpha value is -1.43. The lowest BCUT2D eigenvalue weighted by Gasteiger charge is -2.19. The largest absolute Gasteiger partial charge is 0.352 e. The molecule has 1 aromatic rings. The quantitative estimate of drug-likeness (QED) is 0.807. The molecule has 2 N–H and O–H groups in total. The van der Waals surface area contributed by atoms with Crippen LogP contribution in [0.1, 0.15) is 66.1 Å². The van der Waals surface area contributed by atoms with Gasteiger partial charge in [0.25, 0.3) is 0 Å². The zero-order valence-electron chi connectivity index (χ0n) is 14.1. The Kier molecular flexibility index (Phi) is 6.33. The summed E-state index contributed by atoms with van der Waals surface area (Å²) in [5.41, 5.74) is 0.869. The van der Waals surface area contributed by atoms with E-state index in [1.165, 1.54) is 0 Å². The molecule has 0 aliphatic rings. The van der Waals surface area contributed by atoms with E-state index in [2.05, 4.69) is 48.6 Å². The first kappa shape index (κ1) is 17.6. The van der Waals surface area contributed by atoms with Crippen molar-refractivity contribution in [1.82, 2.24) is 25.6 Å². The molecule has 0 aromatic carbocycles. The van der Waals surface area contributed by atoms with Gasteiger partial charge in [-0.25, -0.2) is 4.68 Å². The molecule has 1 amide bonds. The first-order chi connectivity index (χ1) is 9.73. The van der Waals surface area contributed by atoms with Gasteiger partial charge in [0, 0.05) is 18.1 Å². The van der Waals surface area contributed by atoms with Crippen LogP contribution in [0.25, 0.3) is 0 Å². The number of aromatic nitrogens is 3. The zero-order valence-corrected chi connectivity index (χ0v) is 14.1. The molecular formula is C15H29N5O. The van der Waals surface area contributed by atoms with E-state index in [9.17, 15) is 4.79 Å². The molecular weight excluding hydrogens is 266 g/mol. The first-order valence-electron chi connectivity index (χ1n) is 7.69. The van der Waals surface area contributed by atoms with Crippen LogP contribution in [0.15, 0.2) is 6.20 Å². The SMILES string of the molecule is CCCC(C)NC(=O)C(C)n1cc(CNC(C)(C)C)nn1.